The van der Waals surface area contributed by atoms with Crippen LogP contribution in [-0.2, 0) is 14.3 Å². The maximum absolute atomic E-state index is 12.8. The third-order valence-electron chi connectivity index (χ3n) is 5.84. The van der Waals surface area contributed by atoms with Gasteiger partial charge in [-0.25, -0.2) is 4.79 Å². The number of nitrogens with zero attached hydrogens (tertiary/aromatic N) is 1. The number of carbonyl (C=O) groups is 4. The van der Waals surface area contributed by atoms with Crippen LogP contribution in [0.15, 0.2) is 18.2 Å². The fraction of sp³-hybridized carbons (Fsp3) is 0.524. The molecule has 1 N–H and O–H groups in total. The van der Waals surface area contributed by atoms with Gasteiger partial charge in [0.15, 0.2) is 6.61 Å². The van der Waals surface area contributed by atoms with Gasteiger partial charge in [-0.2, -0.15) is 0 Å². The van der Waals surface area contributed by atoms with Gasteiger partial charge in [0.05, 0.1) is 0 Å². The standard InChI is InChI=1S/C21H26N2O5/c1-13-7-8-16(14(2)10-13)17(24)12-28-18(25)11-23-19(26)21(22-20(23)27)9-5-4-6-15(21)3/h7-8,10,15H,4-6,9,11-12H2,1-3H3,(H,22,27)/t15-,21+/m0/s1. The monoisotopic (exact) mass is 386 g/mol. The van der Waals surface area contributed by atoms with Crippen LogP contribution >= 0.6 is 0 Å². The van der Waals surface area contributed by atoms with Crippen LogP contribution < -0.4 is 5.32 Å². The zero-order valence-corrected chi connectivity index (χ0v) is 16.5. The Bertz CT molecular complexity index is 834. The van der Waals surface area contributed by atoms with Gasteiger partial charge in [0.1, 0.15) is 12.1 Å². The molecule has 1 aromatic carbocycles. The van der Waals surface area contributed by atoms with Crippen LogP contribution in [0.25, 0.3) is 0 Å². The number of nitrogens with one attached hydrogen (secondary N) is 1. The first-order valence-corrected chi connectivity index (χ1v) is 9.65. The zero-order chi connectivity index (χ0) is 20.5. The third-order valence-corrected chi connectivity index (χ3v) is 5.84. The molecule has 0 radical (unpaired) electrons. The molecule has 1 heterocycles. The van der Waals surface area contributed by atoms with E-state index in [1.807, 2.05) is 32.9 Å². The minimum absolute atomic E-state index is 0.0183. The molecule has 150 valence electrons. The SMILES string of the molecule is Cc1ccc(C(=O)COC(=O)CN2C(=O)N[C@@]3(CCCC[C@@H]3C)C2=O)c(C)c1. The van der Waals surface area contributed by atoms with Gasteiger partial charge in [0.2, 0.25) is 5.78 Å². The van der Waals surface area contributed by atoms with Crippen LogP contribution in [0, 0.1) is 19.8 Å². The third kappa shape index (κ3) is 3.66. The van der Waals surface area contributed by atoms with Crippen molar-refractivity contribution in [3.63, 3.8) is 0 Å². The summed E-state index contributed by atoms with van der Waals surface area (Å²) < 4.78 is 5.04. The summed E-state index contributed by atoms with van der Waals surface area (Å²) in [4.78, 5) is 50.5. The summed E-state index contributed by atoms with van der Waals surface area (Å²) in [6, 6.07) is 4.83. The Kier molecular flexibility index (Phi) is 5.54. The van der Waals surface area contributed by atoms with Gasteiger partial charge in [-0.3, -0.25) is 19.3 Å². The lowest BCUT2D eigenvalue weighted by Crippen LogP contribution is -2.54. The Morgan fingerprint density at radius 2 is 2.00 bits per heavy atom. The Labute approximate surface area is 164 Å². The number of hydrogen-bond donors (Lipinski definition) is 1. The molecular weight excluding hydrogens is 360 g/mol. The molecule has 1 aromatic rings. The lowest BCUT2D eigenvalue weighted by Gasteiger charge is -2.36. The van der Waals surface area contributed by atoms with E-state index in [1.165, 1.54) is 0 Å². The summed E-state index contributed by atoms with van der Waals surface area (Å²) in [7, 11) is 0. The van der Waals surface area contributed by atoms with Gasteiger partial charge in [-0.1, -0.05) is 43.5 Å². The van der Waals surface area contributed by atoms with E-state index in [4.69, 9.17) is 4.74 Å². The summed E-state index contributed by atoms with van der Waals surface area (Å²) in [5.41, 5.74) is 1.42. The molecule has 1 aliphatic heterocycles. The summed E-state index contributed by atoms with van der Waals surface area (Å²) in [6.07, 6.45) is 3.32. The summed E-state index contributed by atoms with van der Waals surface area (Å²) in [5, 5.41) is 2.79. The van der Waals surface area contributed by atoms with Crippen molar-refractivity contribution in [1.82, 2.24) is 10.2 Å². The van der Waals surface area contributed by atoms with Crippen LogP contribution in [0.1, 0.15) is 54.1 Å². The van der Waals surface area contributed by atoms with Crippen LogP contribution in [0.3, 0.4) is 0 Å². The van der Waals surface area contributed by atoms with Crippen LogP contribution in [0.5, 0.6) is 0 Å². The highest BCUT2D eigenvalue weighted by Gasteiger charge is 2.55. The number of aryl methyl sites for hydroxylation is 2. The van der Waals surface area contributed by atoms with Crippen molar-refractivity contribution in [2.45, 2.75) is 52.0 Å². The van der Waals surface area contributed by atoms with Crippen molar-refractivity contribution in [2.24, 2.45) is 5.92 Å². The molecule has 3 amide bonds. The Morgan fingerprint density at radius 1 is 1.25 bits per heavy atom. The fourth-order valence-electron chi connectivity index (χ4n) is 4.16. The normalized spacial score (nSPS) is 24.4. The van der Waals surface area contributed by atoms with E-state index in [-0.39, 0.29) is 17.6 Å². The van der Waals surface area contributed by atoms with Gasteiger partial charge in [0, 0.05) is 5.56 Å². The van der Waals surface area contributed by atoms with Crippen LogP contribution in [0.2, 0.25) is 0 Å². The van der Waals surface area contributed by atoms with E-state index in [2.05, 4.69) is 5.32 Å². The summed E-state index contributed by atoms with van der Waals surface area (Å²) >= 11 is 0. The zero-order valence-electron chi connectivity index (χ0n) is 16.5. The molecule has 1 saturated carbocycles. The largest absolute Gasteiger partial charge is 0.456 e. The number of hydrogen-bond acceptors (Lipinski definition) is 5. The number of Topliss-reactive ketones (excluding diaryl/α,β-unsaturated/α-hetero) is 1. The van der Waals surface area contributed by atoms with Crippen LogP contribution in [-0.4, -0.2) is 47.3 Å². The quantitative estimate of drug-likeness (QED) is 0.477. The van der Waals surface area contributed by atoms with Gasteiger partial charge in [-0.05, 0) is 38.2 Å². The molecular formula is C21H26N2O5. The lowest BCUT2D eigenvalue weighted by atomic mass is 9.73. The maximum atomic E-state index is 12.8. The number of ketones is 1. The molecule has 0 unspecified atom stereocenters. The van der Waals surface area contributed by atoms with E-state index < -0.39 is 30.7 Å². The number of esters is 1. The average molecular weight is 386 g/mol. The number of ether oxygens (including phenoxy) is 1. The predicted molar refractivity (Wildman–Crippen MR) is 102 cm³/mol. The van der Waals surface area contributed by atoms with Gasteiger partial charge in [-0.15, -0.1) is 0 Å². The van der Waals surface area contributed by atoms with Gasteiger partial charge in [0.25, 0.3) is 5.91 Å². The van der Waals surface area contributed by atoms with Crippen molar-refractivity contribution in [1.29, 1.82) is 0 Å². The molecule has 1 aliphatic carbocycles. The number of imide groups is 1. The van der Waals surface area contributed by atoms with Crippen molar-refractivity contribution in [2.75, 3.05) is 13.2 Å². The topological polar surface area (TPSA) is 92.8 Å². The van der Waals surface area contributed by atoms with E-state index in [1.54, 1.807) is 6.07 Å². The molecule has 7 nitrogen and oxygen atoms in total. The highest BCUT2D eigenvalue weighted by Crippen LogP contribution is 2.38. The van der Waals surface area contributed by atoms with Crippen molar-refractivity contribution < 1.29 is 23.9 Å². The number of carbonyl (C=O) groups excluding carboxylic acids is 4. The van der Waals surface area contributed by atoms with Gasteiger partial charge < -0.3 is 10.1 Å². The molecule has 2 aliphatic rings. The highest BCUT2D eigenvalue weighted by atomic mass is 16.5. The number of benzene rings is 1. The van der Waals surface area contributed by atoms with Crippen molar-refractivity contribution >= 4 is 23.7 Å². The Hall–Kier alpha value is -2.70. The maximum Gasteiger partial charge on any atom is 0.326 e. The average Bonchev–Trinajstić information content (AvgIpc) is 2.87. The molecule has 2 atom stereocenters. The smallest absolute Gasteiger partial charge is 0.326 e. The number of amides is 3. The van der Waals surface area contributed by atoms with Crippen molar-refractivity contribution in [3.8, 4) is 0 Å². The Morgan fingerprint density at radius 3 is 2.68 bits per heavy atom. The number of rotatable bonds is 5. The summed E-state index contributed by atoms with van der Waals surface area (Å²) in [6.45, 7) is 4.79. The molecule has 7 heteroatoms. The van der Waals surface area contributed by atoms with E-state index in [0.29, 0.717) is 12.0 Å². The second kappa shape index (κ2) is 7.73. The van der Waals surface area contributed by atoms with Crippen molar-refractivity contribution in [3.05, 3.63) is 34.9 Å². The molecule has 1 spiro atoms. The predicted octanol–water partition coefficient (Wildman–Crippen LogP) is 2.53. The lowest BCUT2D eigenvalue weighted by molar-refractivity contribution is -0.147. The minimum Gasteiger partial charge on any atom is -0.456 e. The first-order valence-electron chi connectivity index (χ1n) is 9.65. The van der Waals surface area contributed by atoms with E-state index in [0.717, 1.165) is 35.3 Å². The van der Waals surface area contributed by atoms with E-state index in [9.17, 15) is 19.2 Å². The molecule has 1 saturated heterocycles. The van der Waals surface area contributed by atoms with Gasteiger partial charge >= 0.3 is 12.0 Å². The molecule has 28 heavy (non-hydrogen) atoms. The highest BCUT2D eigenvalue weighted by molar-refractivity contribution is 6.09. The summed E-state index contributed by atoms with van der Waals surface area (Å²) in [5.74, 6) is -1.45. The molecule has 3 rings (SSSR count). The first-order chi connectivity index (χ1) is 13.2. The molecule has 2 fully saturated rings. The minimum atomic E-state index is -0.912. The molecule has 0 bridgehead atoms. The number of urea groups is 1. The molecule has 0 aromatic heterocycles. The first kappa shape index (κ1) is 20.0. The second-order valence-corrected chi connectivity index (χ2v) is 7.84. The Balaban J connectivity index is 1.59. The fourth-order valence-corrected chi connectivity index (χ4v) is 4.16. The van der Waals surface area contributed by atoms with Crippen LogP contribution in [0.4, 0.5) is 4.79 Å². The van der Waals surface area contributed by atoms with E-state index >= 15 is 0 Å². The second-order valence-electron chi connectivity index (χ2n) is 7.84.